The lowest BCUT2D eigenvalue weighted by atomic mass is 10.1. The Balaban J connectivity index is 1.58. The van der Waals surface area contributed by atoms with E-state index in [0.29, 0.717) is 39.4 Å². The molecule has 3 aromatic carbocycles. The minimum absolute atomic E-state index is 0.00748. The van der Waals surface area contributed by atoms with Gasteiger partial charge in [0.2, 0.25) is 0 Å². The predicted molar refractivity (Wildman–Crippen MR) is 150 cm³/mol. The van der Waals surface area contributed by atoms with Crippen molar-refractivity contribution in [1.29, 1.82) is 0 Å². The molecule has 0 saturated carbocycles. The maximum atomic E-state index is 13.2. The first-order valence-corrected chi connectivity index (χ1v) is 13.0. The number of amides is 1. The second-order valence-electron chi connectivity index (χ2n) is 7.78. The molecule has 0 aliphatic carbocycles. The van der Waals surface area contributed by atoms with Crippen LogP contribution in [-0.2, 0) is 11.4 Å². The highest BCUT2D eigenvalue weighted by atomic mass is 127. The first-order valence-electron chi connectivity index (χ1n) is 11.1. The van der Waals surface area contributed by atoms with Crippen molar-refractivity contribution in [2.45, 2.75) is 13.5 Å². The van der Waals surface area contributed by atoms with Crippen LogP contribution in [0.25, 0.3) is 6.08 Å². The Kier molecular flexibility index (Phi) is 8.44. The van der Waals surface area contributed by atoms with Gasteiger partial charge in [-0.05, 0) is 94.9 Å². The van der Waals surface area contributed by atoms with Gasteiger partial charge in [0.05, 0.1) is 26.2 Å². The largest absolute Gasteiger partial charge is 0.493 e. The molecule has 1 aliphatic rings. The molecule has 37 heavy (non-hydrogen) atoms. The number of benzene rings is 3. The summed E-state index contributed by atoms with van der Waals surface area (Å²) in [5.74, 6) is 0.435. The van der Waals surface area contributed by atoms with E-state index in [9.17, 15) is 19.3 Å². The number of likely N-dealkylation sites (N-methyl/N-ethyl adjacent to an activating group) is 1. The Morgan fingerprint density at radius 3 is 2.62 bits per heavy atom. The second-order valence-corrected chi connectivity index (χ2v) is 9.95. The lowest BCUT2D eigenvalue weighted by Gasteiger charge is -2.14. The third-order valence-electron chi connectivity index (χ3n) is 5.31. The summed E-state index contributed by atoms with van der Waals surface area (Å²) in [6.07, 6.45) is 1.76. The fraction of sp³-hybridized carbons (Fsp3) is 0.154. The summed E-state index contributed by atoms with van der Waals surface area (Å²) < 4.78 is 25.5. The van der Waals surface area contributed by atoms with Crippen LogP contribution in [0.5, 0.6) is 11.5 Å². The molecular weight excluding hydrogens is 612 g/mol. The summed E-state index contributed by atoms with van der Waals surface area (Å²) in [6, 6.07) is 15.6. The van der Waals surface area contributed by atoms with E-state index in [1.807, 2.05) is 13.0 Å². The SMILES string of the molecule is CCN1C(=O)/C(=C\c2cc(I)c(OCc3cccc([N+](=O)[O-])c3)c(OC)c2)SC1=Nc1ccc(F)cc1. The number of carbonyl (C=O) groups excluding carboxylic acids is 1. The highest BCUT2D eigenvalue weighted by Crippen LogP contribution is 2.38. The van der Waals surface area contributed by atoms with Crippen LogP contribution in [0.2, 0.25) is 0 Å². The first-order chi connectivity index (χ1) is 17.8. The van der Waals surface area contributed by atoms with E-state index >= 15 is 0 Å². The molecule has 8 nitrogen and oxygen atoms in total. The Hall–Kier alpha value is -3.45. The van der Waals surface area contributed by atoms with Crippen LogP contribution in [0.15, 0.2) is 70.6 Å². The lowest BCUT2D eigenvalue weighted by Crippen LogP contribution is -2.28. The monoisotopic (exact) mass is 633 g/mol. The van der Waals surface area contributed by atoms with Crippen LogP contribution >= 0.6 is 34.4 Å². The Bertz CT molecular complexity index is 1410. The van der Waals surface area contributed by atoms with E-state index in [0.717, 1.165) is 9.13 Å². The van der Waals surface area contributed by atoms with Crippen LogP contribution in [0.4, 0.5) is 15.8 Å². The molecule has 0 bridgehead atoms. The number of amidine groups is 1. The summed E-state index contributed by atoms with van der Waals surface area (Å²) in [4.78, 5) is 30.2. The van der Waals surface area contributed by atoms with Gasteiger partial charge in [0.25, 0.3) is 11.6 Å². The molecule has 0 aromatic heterocycles. The summed E-state index contributed by atoms with van der Waals surface area (Å²) in [5, 5.41) is 11.6. The van der Waals surface area contributed by atoms with E-state index < -0.39 is 4.92 Å². The van der Waals surface area contributed by atoms with Gasteiger partial charge in [-0.25, -0.2) is 9.38 Å². The molecule has 0 N–H and O–H groups in total. The summed E-state index contributed by atoms with van der Waals surface area (Å²) >= 11 is 3.37. The van der Waals surface area contributed by atoms with Crippen molar-refractivity contribution in [3.63, 3.8) is 0 Å². The molecule has 1 saturated heterocycles. The van der Waals surface area contributed by atoms with Crippen LogP contribution in [-0.4, -0.2) is 34.6 Å². The van der Waals surface area contributed by atoms with Gasteiger partial charge in [-0.2, -0.15) is 0 Å². The van der Waals surface area contributed by atoms with Crippen molar-refractivity contribution in [3.05, 3.63) is 96.2 Å². The number of nitro groups is 1. The van der Waals surface area contributed by atoms with Crippen molar-refractivity contribution < 1.29 is 23.6 Å². The number of nitrogens with zero attached hydrogens (tertiary/aromatic N) is 3. The first kappa shape index (κ1) is 26.6. The molecule has 1 heterocycles. The minimum atomic E-state index is -0.450. The maximum absolute atomic E-state index is 13.2. The molecule has 0 radical (unpaired) electrons. The van der Waals surface area contributed by atoms with Crippen molar-refractivity contribution >= 4 is 62.9 Å². The third-order valence-corrected chi connectivity index (χ3v) is 7.12. The average Bonchev–Trinajstić information content (AvgIpc) is 3.17. The van der Waals surface area contributed by atoms with Crippen molar-refractivity contribution in [3.8, 4) is 11.5 Å². The van der Waals surface area contributed by atoms with Crippen LogP contribution in [0.3, 0.4) is 0 Å². The molecule has 1 amide bonds. The van der Waals surface area contributed by atoms with Gasteiger partial charge in [-0.1, -0.05) is 12.1 Å². The molecule has 0 spiro atoms. The topological polar surface area (TPSA) is 94.3 Å². The zero-order valence-corrected chi connectivity index (χ0v) is 22.8. The van der Waals surface area contributed by atoms with Gasteiger partial charge < -0.3 is 9.47 Å². The number of ether oxygens (including phenoxy) is 2. The number of hydrogen-bond acceptors (Lipinski definition) is 7. The van der Waals surface area contributed by atoms with Crippen molar-refractivity contribution in [2.24, 2.45) is 4.99 Å². The quantitative estimate of drug-likeness (QED) is 0.121. The molecule has 4 rings (SSSR count). The molecule has 0 atom stereocenters. The number of rotatable bonds is 8. The van der Waals surface area contributed by atoms with Gasteiger partial charge in [-0.3, -0.25) is 19.8 Å². The Morgan fingerprint density at radius 2 is 1.95 bits per heavy atom. The summed E-state index contributed by atoms with van der Waals surface area (Å²) in [7, 11) is 1.52. The second kappa shape index (κ2) is 11.7. The third kappa shape index (κ3) is 6.28. The molecule has 1 fully saturated rings. The number of non-ortho nitro benzene ring substituents is 1. The van der Waals surface area contributed by atoms with Crippen molar-refractivity contribution in [2.75, 3.05) is 13.7 Å². The highest BCUT2D eigenvalue weighted by Gasteiger charge is 2.32. The number of aliphatic imine (C=N–C) groups is 1. The number of methoxy groups -OCH3 is 1. The maximum Gasteiger partial charge on any atom is 0.269 e. The molecular formula is C26H21FIN3O5S. The van der Waals surface area contributed by atoms with E-state index in [-0.39, 0.29) is 24.0 Å². The zero-order chi connectivity index (χ0) is 26.5. The fourth-order valence-electron chi connectivity index (χ4n) is 3.53. The molecule has 190 valence electrons. The molecule has 11 heteroatoms. The minimum Gasteiger partial charge on any atom is -0.493 e. The molecule has 1 aliphatic heterocycles. The van der Waals surface area contributed by atoms with Crippen LogP contribution < -0.4 is 9.47 Å². The van der Waals surface area contributed by atoms with Gasteiger partial charge in [0.15, 0.2) is 16.7 Å². The number of nitro benzene ring substituents is 1. The highest BCUT2D eigenvalue weighted by molar-refractivity contribution is 14.1. The average molecular weight is 633 g/mol. The van der Waals surface area contributed by atoms with E-state index in [1.165, 1.54) is 43.1 Å². The Labute approximate surface area is 230 Å². The van der Waals surface area contributed by atoms with E-state index in [1.54, 1.807) is 41.3 Å². The standard InChI is InChI=1S/C26H21FIN3O5S/c1-3-30-25(32)23(37-26(30)29-19-9-7-18(27)8-10-19)14-17-12-21(28)24(22(13-17)35-2)36-15-16-5-4-6-20(11-16)31(33)34/h4-14H,3,15H2,1-2H3/b23-14+,29-26?. The van der Waals surface area contributed by atoms with Gasteiger partial charge in [0, 0.05) is 18.7 Å². The fourth-order valence-corrected chi connectivity index (χ4v) is 5.37. The zero-order valence-electron chi connectivity index (χ0n) is 19.8. The van der Waals surface area contributed by atoms with Gasteiger partial charge in [-0.15, -0.1) is 0 Å². The van der Waals surface area contributed by atoms with E-state index in [2.05, 4.69) is 27.6 Å². The molecule has 0 unspecified atom stereocenters. The van der Waals surface area contributed by atoms with Crippen molar-refractivity contribution in [1.82, 2.24) is 4.90 Å². The number of halogens is 2. The predicted octanol–water partition coefficient (Wildman–Crippen LogP) is 6.55. The number of hydrogen-bond donors (Lipinski definition) is 0. The molecule has 3 aromatic rings. The van der Waals surface area contributed by atoms with Gasteiger partial charge >= 0.3 is 0 Å². The Morgan fingerprint density at radius 1 is 1.19 bits per heavy atom. The lowest BCUT2D eigenvalue weighted by molar-refractivity contribution is -0.384. The summed E-state index contributed by atoms with van der Waals surface area (Å²) in [6.45, 7) is 2.42. The number of carbonyl (C=O) groups is 1. The normalized spacial score (nSPS) is 15.5. The summed E-state index contributed by atoms with van der Waals surface area (Å²) in [5.41, 5.74) is 1.93. The van der Waals surface area contributed by atoms with E-state index in [4.69, 9.17) is 9.47 Å². The van der Waals surface area contributed by atoms with Gasteiger partial charge in [0.1, 0.15) is 12.4 Å². The van der Waals surface area contributed by atoms with Crippen LogP contribution in [0, 0.1) is 19.5 Å². The number of thioether (sulfide) groups is 1. The smallest absolute Gasteiger partial charge is 0.269 e. The van der Waals surface area contributed by atoms with Crippen LogP contribution in [0.1, 0.15) is 18.1 Å².